The molecule has 1 heterocycles. The Hall–Kier alpha value is -3.01. The molecule has 1 aromatic heterocycles. The number of benzene rings is 3. The number of aromatic nitrogens is 1. The Bertz CT molecular complexity index is 1110. The van der Waals surface area contributed by atoms with E-state index in [1.165, 1.54) is 0 Å². The molecule has 4 rings (SSSR count). The first kappa shape index (κ1) is 13.6. The molecule has 114 valence electrons. The average Bonchev–Trinajstić information content (AvgIpc) is 2.60. The Morgan fingerprint density at radius 2 is 1.39 bits per heavy atom. The number of pyridine rings is 1. The van der Waals surface area contributed by atoms with Crippen molar-refractivity contribution in [3.63, 3.8) is 0 Å². The maximum atomic E-state index is 12.5. The number of H-pyrrole nitrogens is 1. The van der Waals surface area contributed by atoms with Crippen LogP contribution in [0.1, 0.15) is 0 Å². The van der Waals surface area contributed by atoms with Crippen LogP contribution in [0.2, 0.25) is 0 Å². The fraction of sp³-hybridized carbons (Fsp3) is 0.105. The summed E-state index contributed by atoms with van der Waals surface area (Å²) in [7, 11) is 3.24. The van der Waals surface area contributed by atoms with Crippen LogP contribution in [0.4, 0.5) is 0 Å². The van der Waals surface area contributed by atoms with Crippen LogP contribution in [-0.2, 0) is 0 Å². The number of rotatable bonds is 2. The standard InChI is InChI=1S/C19H15NO3/c1-22-12-4-7-14-11(9-12)3-6-16-15-8-5-13(23-2)10-17(15)19(21)20-18(14)16/h3-10H,1-2H3,(H,20,21). The molecule has 0 atom stereocenters. The van der Waals surface area contributed by atoms with E-state index in [-0.39, 0.29) is 5.56 Å². The van der Waals surface area contributed by atoms with E-state index in [1.54, 1.807) is 20.3 Å². The highest BCUT2D eigenvalue weighted by Crippen LogP contribution is 2.31. The molecule has 0 spiro atoms. The molecule has 0 amide bonds. The van der Waals surface area contributed by atoms with E-state index in [0.29, 0.717) is 11.1 Å². The molecule has 4 aromatic rings. The molecular formula is C19H15NO3. The van der Waals surface area contributed by atoms with Crippen LogP contribution in [0, 0.1) is 0 Å². The van der Waals surface area contributed by atoms with E-state index in [2.05, 4.69) is 4.98 Å². The molecule has 0 saturated carbocycles. The summed E-state index contributed by atoms with van der Waals surface area (Å²) in [5.74, 6) is 1.47. The third kappa shape index (κ3) is 2.03. The Labute approximate surface area is 132 Å². The molecule has 1 N–H and O–H groups in total. The molecule has 23 heavy (non-hydrogen) atoms. The van der Waals surface area contributed by atoms with Crippen molar-refractivity contribution in [2.45, 2.75) is 0 Å². The van der Waals surface area contributed by atoms with Gasteiger partial charge in [0.1, 0.15) is 11.5 Å². The first-order valence-corrected chi connectivity index (χ1v) is 7.32. The van der Waals surface area contributed by atoms with Crippen molar-refractivity contribution in [1.29, 1.82) is 0 Å². The van der Waals surface area contributed by atoms with Crippen LogP contribution >= 0.6 is 0 Å². The highest BCUT2D eigenvalue weighted by atomic mass is 16.5. The lowest BCUT2D eigenvalue weighted by atomic mass is 10.0. The quantitative estimate of drug-likeness (QED) is 0.572. The second-order valence-corrected chi connectivity index (χ2v) is 5.44. The summed E-state index contributed by atoms with van der Waals surface area (Å²) >= 11 is 0. The Balaban J connectivity index is 2.16. The van der Waals surface area contributed by atoms with Gasteiger partial charge in [-0.25, -0.2) is 0 Å². The smallest absolute Gasteiger partial charge is 0.256 e. The van der Waals surface area contributed by atoms with Gasteiger partial charge in [-0.05, 0) is 47.2 Å². The van der Waals surface area contributed by atoms with Gasteiger partial charge in [-0.2, -0.15) is 0 Å². The zero-order valence-electron chi connectivity index (χ0n) is 12.8. The number of methoxy groups -OCH3 is 2. The van der Waals surface area contributed by atoms with Gasteiger partial charge in [0.15, 0.2) is 0 Å². The summed E-state index contributed by atoms with van der Waals surface area (Å²) in [6, 6.07) is 15.5. The zero-order chi connectivity index (χ0) is 16.0. The Morgan fingerprint density at radius 3 is 2.13 bits per heavy atom. The molecule has 0 aliphatic rings. The third-order valence-corrected chi connectivity index (χ3v) is 4.23. The predicted molar refractivity (Wildman–Crippen MR) is 92.7 cm³/mol. The number of fused-ring (bicyclic) bond motifs is 5. The lowest BCUT2D eigenvalue weighted by molar-refractivity contribution is 0.415. The van der Waals surface area contributed by atoms with Crippen molar-refractivity contribution in [1.82, 2.24) is 4.98 Å². The third-order valence-electron chi connectivity index (χ3n) is 4.23. The monoisotopic (exact) mass is 305 g/mol. The van der Waals surface area contributed by atoms with Crippen molar-refractivity contribution in [3.8, 4) is 11.5 Å². The minimum Gasteiger partial charge on any atom is -0.497 e. The molecule has 0 fully saturated rings. The van der Waals surface area contributed by atoms with Crippen LogP contribution in [0.15, 0.2) is 53.3 Å². The fourth-order valence-corrected chi connectivity index (χ4v) is 3.05. The van der Waals surface area contributed by atoms with Crippen LogP contribution < -0.4 is 15.0 Å². The number of aromatic amines is 1. The highest BCUT2D eigenvalue weighted by Gasteiger charge is 2.09. The van der Waals surface area contributed by atoms with Crippen molar-refractivity contribution in [2.24, 2.45) is 0 Å². The minimum atomic E-state index is -0.116. The van der Waals surface area contributed by atoms with Crippen molar-refractivity contribution >= 4 is 32.4 Å². The second-order valence-electron chi connectivity index (χ2n) is 5.44. The van der Waals surface area contributed by atoms with Gasteiger partial charge in [-0.15, -0.1) is 0 Å². The minimum absolute atomic E-state index is 0.116. The number of nitrogens with one attached hydrogen (secondary N) is 1. The van der Waals surface area contributed by atoms with Gasteiger partial charge in [0.05, 0.1) is 25.1 Å². The zero-order valence-corrected chi connectivity index (χ0v) is 12.8. The Kier molecular flexibility index (Phi) is 2.98. The first-order valence-electron chi connectivity index (χ1n) is 7.32. The summed E-state index contributed by atoms with van der Waals surface area (Å²) in [5.41, 5.74) is 0.725. The maximum absolute atomic E-state index is 12.5. The second kappa shape index (κ2) is 5.02. The summed E-state index contributed by atoms with van der Waals surface area (Å²) in [4.78, 5) is 15.5. The van der Waals surface area contributed by atoms with E-state index in [9.17, 15) is 4.79 Å². The summed E-state index contributed by atoms with van der Waals surface area (Å²) in [6.07, 6.45) is 0. The predicted octanol–water partition coefficient (Wildman–Crippen LogP) is 3.85. The van der Waals surface area contributed by atoms with Crippen molar-refractivity contribution in [3.05, 3.63) is 58.9 Å². The van der Waals surface area contributed by atoms with E-state index in [0.717, 1.165) is 32.8 Å². The van der Waals surface area contributed by atoms with Crippen LogP contribution in [-0.4, -0.2) is 19.2 Å². The molecule has 0 aliphatic heterocycles. The number of hydrogen-bond donors (Lipinski definition) is 1. The van der Waals surface area contributed by atoms with Crippen LogP contribution in [0.3, 0.4) is 0 Å². The molecule has 0 aliphatic carbocycles. The summed E-state index contributed by atoms with van der Waals surface area (Å²) in [5, 5.41) is 4.59. The highest BCUT2D eigenvalue weighted by molar-refractivity contribution is 6.15. The molecule has 4 nitrogen and oxygen atoms in total. The summed E-state index contributed by atoms with van der Waals surface area (Å²) < 4.78 is 10.5. The van der Waals surface area contributed by atoms with Gasteiger partial charge in [0.25, 0.3) is 5.56 Å². The van der Waals surface area contributed by atoms with E-state index < -0.39 is 0 Å². The molecular weight excluding hydrogens is 290 g/mol. The fourth-order valence-electron chi connectivity index (χ4n) is 3.05. The topological polar surface area (TPSA) is 51.3 Å². The first-order chi connectivity index (χ1) is 11.2. The van der Waals surface area contributed by atoms with Gasteiger partial charge in [-0.3, -0.25) is 4.79 Å². The van der Waals surface area contributed by atoms with E-state index in [4.69, 9.17) is 9.47 Å². The Morgan fingerprint density at radius 1 is 0.739 bits per heavy atom. The van der Waals surface area contributed by atoms with E-state index >= 15 is 0 Å². The summed E-state index contributed by atoms with van der Waals surface area (Å²) in [6.45, 7) is 0. The molecule has 0 saturated heterocycles. The average molecular weight is 305 g/mol. The maximum Gasteiger partial charge on any atom is 0.256 e. The van der Waals surface area contributed by atoms with Gasteiger partial charge in [0, 0.05) is 10.8 Å². The molecule has 0 bridgehead atoms. The lowest BCUT2D eigenvalue weighted by Crippen LogP contribution is -2.06. The molecule has 4 heteroatoms. The largest absolute Gasteiger partial charge is 0.497 e. The van der Waals surface area contributed by atoms with Gasteiger partial charge < -0.3 is 14.5 Å². The van der Waals surface area contributed by atoms with Crippen LogP contribution in [0.25, 0.3) is 32.4 Å². The SMILES string of the molecule is COc1ccc2c(ccc3c4ccc(OC)cc4c(=O)[nH]c23)c1. The van der Waals surface area contributed by atoms with E-state index in [1.807, 2.05) is 42.5 Å². The molecule has 0 radical (unpaired) electrons. The molecule has 0 unspecified atom stereocenters. The van der Waals surface area contributed by atoms with Crippen molar-refractivity contribution in [2.75, 3.05) is 14.2 Å². The van der Waals surface area contributed by atoms with Gasteiger partial charge >= 0.3 is 0 Å². The van der Waals surface area contributed by atoms with Crippen LogP contribution in [0.5, 0.6) is 11.5 Å². The van der Waals surface area contributed by atoms with Crippen molar-refractivity contribution < 1.29 is 9.47 Å². The number of hydrogen-bond acceptors (Lipinski definition) is 3. The lowest BCUT2D eigenvalue weighted by Gasteiger charge is -2.09. The van der Waals surface area contributed by atoms with Gasteiger partial charge in [-0.1, -0.05) is 12.1 Å². The van der Waals surface area contributed by atoms with Gasteiger partial charge in [0.2, 0.25) is 0 Å². The number of ether oxygens (including phenoxy) is 2. The molecule has 3 aromatic carbocycles. The normalized spacial score (nSPS) is 11.2.